The first kappa shape index (κ1) is 14.6. The molecule has 4 heterocycles. The van der Waals surface area contributed by atoms with Gasteiger partial charge in [0.05, 0.1) is 18.1 Å². The van der Waals surface area contributed by atoms with E-state index in [9.17, 15) is 0 Å². The van der Waals surface area contributed by atoms with E-state index < -0.39 is 0 Å². The molecule has 0 radical (unpaired) electrons. The molecule has 7 heteroatoms. The Morgan fingerprint density at radius 2 is 1.96 bits per heavy atom. The third kappa shape index (κ3) is 2.92. The second-order valence-corrected chi connectivity index (χ2v) is 5.83. The molecule has 0 spiro atoms. The number of aromatic nitrogens is 4. The Morgan fingerprint density at radius 3 is 2.67 bits per heavy atom. The van der Waals surface area contributed by atoms with Gasteiger partial charge in [-0.25, -0.2) is 15.0 Å². The number of hydrogen-bond donors (Lipinski definition) is 0. The van der Waals surface area contributed by atoms with Gasteiger partial charge in [-0.15, -0.1) is 0 Å². The Hall–Kier alpha value is -2.98. The lowest BCUT2D eigenvalue weighted by molar-refractivity contribution is 0.247. The second kappa shape index (κ2) is 6.26. The third-order valence-corrected chi connectivity index (χ3v) is 4.25. The van der Waals surface area contributed by atoms with E-state index in [1.807, 2.05) is 30.5 Å². The molecule has 0 unspecified atom stereocenters. The predicted molar refractivity (Wildman–Crippen MR) is 89.4 cm³/mol. The zero-order valence-electron chi connectivity index (χ0n) is 13.2. The normalized spacial score (nSPS) is 15.5. The molecule has 1 saturated heterocycles. The Morgan fingerprint density at radius 1 is 1.08 bits per heavy atom. The van der Waals surface area contributed by atoms with Crippen LogP contribution in [0.15, 0.2) is 43.0 Å². The number of nitriles is 1. The lowest BCUT2D eigenvalue weighted by Crippen LogP contribution is -2.46. The van der Waals surface area contributed by atoms with E-state index in [1.165, 1.54) is 6.20 Å². The molecule has 1 fully saturated rings. The maximum Gasteiger partial charge on any atom is 0.158 e. The maximum atomic E-state index is 8.79. The molecule has 0 bridgehead atoms. The Kier molecular flexibility index (Phi) is 3.81. The van der Waals surface area contributed by atoms with E-state index in [-0.39, 0.29) is 0 Å². The number of pyridine rings is 1. The molecule has 0 atom stereocenters. The summed E-state index contributed by atoms with van der Waals surface area (Å²) in [7, 11) is 0. The fraction of sp³-hybridized carbons (Fsp3) is 0.294. The minimum Gasteiger partial charge on any atom is -0.353 e. The average molecular weight is 319 g/mol. The molecular weight excluding hydrogens is 302 g/mol. The number of rotatable bonds is 3. The van der Waals surface area contributed by atoms with Gasteiger partial charge < -0.3 is 9.30 Å². The molecule has 0 saturated carbocycles. The van der Waals surface area contributed by atoms with Crippen molar-refractivity contribution < 1.29 is 0 Å². The predicted octanol–water partition coefficient (Wildman–Crippen LogP) is 1.32. The summed E-state index contributed by atoms with van der Waals surface area (Å²) in [6.45, 7) is 4.56. The van der Waals surface area contributed by atoms with Crippen LogP contribution in [0.1, 0.15) is 11.4 Å². The Balaban J connectivity index is 1.38. The molecule has 0 aliphatic carbocycles. The summed E-state index contributed by atoms with van der Waals surface area (Å²) in [4.78, 5) is 17.7. The van der Waals surface area contributed by atoms with Gasteiger partial charge in [-0.3, -0.25) is 4.90 Å². The van der Waals surface area contributed by atoms with Crippen LogP contribution in [0.2, 0.25) is 0 Å². The van der Waals surface area contributed by atoms with Crippen molar-refractivity contribution in [2.45, 2.75) is 6.54 Å². The topological polar surface area (TPSA) is 73.4 Å². The zero-order chi connectivity index (χ0) is 16.4. The van der Waals surface area contributed by atoms with Gasteiger partial charge in [0, 0.05) is 45.1 Å². The van der Waals surface area contributed by atoms with Crippen molar-refractivity contribution in [1.29, 1.82) is 5.26 Å². The van der Waals surface area contributed by atoms with Gasteiger partial charge in [-0.1, -0.05) is 6.07 Å². The van der Waals surface area contributed by atoms with Gasteiger partial charge in [0.25, 0.3) is 0 Å². The van der Waals surface area contributed by atoms with Crippen molar-refractivity contribution in [1.82, 2.24) is 24.3 Å². The summed E-state index contributed by atoms with van der Waals surface area (Å²) in [6.07, 6.45) is 7.32. The van der Waals surface area contributed by atoms with Crippen molar-refractivity contribution >= 4 is 11.5 Å². The molecule has 0 amide bonds. The first-order valence-corrected chi connectivity index (χ1v) is 7.94. The number of imidazole rings is 1. The van der Waals surface area contributed by atoms with Crippen LogP contribution in [0.3, 0.4) is 0 Å². The van der Waals surface area contributed by atoms with Crippen LogP contribution in [-0.2, 0) is 6.54 Å². The average Bonchev–Trinajstić information content (AvgIpc) is 3.05. The van der Waals surface area contributed by atoms with Gasteiger partial charge in [0.15, 0.2) is 5.69 Å². The summed E-state index contributed by atoms with van der Waals surface area (Å²) in [6, 6.07) is 8.03. The van der Waals surface area contributed by atoms with Crippen molar-refractivity contribution in [2.75, 3.05) is 31.1 Å². The van der Waals surface area contributed by atoms with Gasteiger partial charge in [0.2, 0.25) is 0 Å². The molecule has 1 aliphatic heterocycles. The molecule has 0 aromatic carbocycles. The molecule has 0 N–H and O–H groups in total. The van der Waals surface area contributed by atoms with Crippen LogP contribution in [0, 0.1) is 11.3 Å². The van der Waals surface area contributed by atoms with Crippen molar-refractivity contribution in [3.8, 4) is 6.07 Å². The van der Waals surface area contributed by atoms with Crippen molar-refractivity contribution in [2.24, 2.45) is 0 Å². The number of hydrogen-bond acceptors (Lipinski definition) is 6. The highest BCUT2D eigenvalue weighted by molar-refractivity contribution is 5.40. The van der Waals surface area contributed by atoms with E-state index in [2.05, 4.69) is 35.3 Å². The van der Waals surface area contributed by atoms with Gasteiger partial charge in [0.1, 0.15) is 17.5 Å². The Labute approximate surface area is 139 Å². The molecule has 3 aromatic heterocycles. The molecule has 7 nitrogen and oxygen atoms in total. The Bertz CT molecular complexity index is 837. The van der Waals surface area contributed by atoms with Crippen LogP contribution in [-0.4, -0.2) is 50.4 Å². The zero-order valence-corrected chi connectivity index (χ0v) is 13.2. The van der Waals surface area contributed by atoms with E-state index in [0.29, 0.717) is 5.69 Å². The third-order valence-electron chi connectivity index (χ3n) is 4.25. The summed E-state index contributed by atoms with van der Waals surface area (Å²) >= 11 is 0. The fourth-order valence-electron chi connectivity index (χ4n) is 2.97. The fourth-order valence-corrected chi connectivity index (χ4v) is 2.97. The molecular formula is C17H17N7. The highest BCUT2D eigenvalue weighted by atomic mass is 15.3. The first-order chi connectivity index (χ1) is 11.8. The summed E-state index contributed by atoms with van der Waals surface area (Å²) < 4.78 is 2.05. The van der Waals surface area contributed by atoms with Gasteiger partial charge >= 0.3 is 0 Å². The molecule has 4 rings (SSSR count). The highest BCUT2D eigenvalue weighted by Crippen LogP contribution is 2.14. The molecule has 120 valence electrons. The summed E-state index contributed by atoms with van der Waals surface area (Å²) in [5.74, 6) is 0.835. The van der Waals surface area contributed by atoms with Crippen LogP contribution in [0.4, 0.5) is 5.82 Å². The van der Waals surface area contributed by atoms with E-state index in [4.69, 9.17) is 5.26 Å². The quantitative estimate of drug-likeness (QED) is 0.725. The van der Waals surface area contributed by atoms with E-state index >= 15 is 0 Å². The maximum absolute atomic E-state index is 8.79. The minimum absolute atomic E-state index is 0.351. The number of anilines is 1. The minimum atomic E-state index is 0.351. The van der Waals surface area contributed by atoms with E-state index in [1.54, 1.807) is 6.20 Å². The summed E-state index contributed by atoms with van der Waals surface area (Å²) in [5, 5.41) is 8.79. The lowest BCUT2D eigenvalue weighted by Gasteiger charge is -2.34. The van der Waals surface area contributed by atoms with Crippen molar-refractivity contribution in [3.63, 3.8) is 0 Å². The number of piperazine rings is 1. The first-order valence-electron chi connectivity index (χ1n) is 7.94. The summed E-state index contributed by atoms with van der Waals surface area (Å²) in [5.41, 5.74) is 2.43. The van der Waals surface area contributed by atoms with E-state index in [0.717, 1.165) is 49.9 Å². The number of fused-ring (bicyclic) bond motifs is 1. The largest absolute Gasteiger partial charge is 0.353 e. The molecule has 3 aromatic rings. The lowest BCUT2D eigenvalue weighted by atomic mass is 10.3. The standard InChI is InChI=1S/C17H17N7/c18-9-14-10-20-17(11-19-14)23-7-5-22(6-8-23)12-15-13-24-4-2-1-3-16(24)21-15/h1-4,10-11,13H,5-8,12H2. The van der Waals surface area contributed by atoms with Crippen LogP contribution in [0.5, 0.6) is 0 Å². The number of nitrogens with zero attached hydrogens (tertiary/aromatic N) is 7. The van der Waals surface area contributed by atoms with Gasteiger partial charge in [-0.05, 0) is 12.1 Å². The molecule has 1 aliphatic rings. The SMILES string of the molecule is N#Cc1cnc(N2CCN(Cc3cn4ccccc4n3)CC2)cn1. The molecule has 24 heavy (non-hydrogen) atoms. The second-order valence-electron chi connectivity index (χ2n) is 5.83. The highest BCUT2D eigenvalue weighted by Gasteiger charge is 2.19. The monoisotopic (exact) mass is 319 g/mol. The van der Waals surface area contributed by atoms with Crippen LogP contribution in [0.25, 0.3) is 5.65 Å². The smallest absolute Gasteiger partial charge is 0.158 e. The van der Waals surface area contributed by atoms with Crippen LogP contribution >= 0.6 is 0 Å². The van der Waals surface area contributed by atoms with Gasteiger partial charge in [-0.2, -0.15) is 5.26 Å². The van der Waals surface area contributed by atoms with Crippen LogP contribution < -0.4 is 4.90 Å². The van der Waals surface area contributed by atoms with Crippen molar-refractivity contribution in [3.05, 3.63) is 54.4 Å².